The van der Waals surface area contributed by atoms with E-state index < -0.39 is 5.54 Å². The molecular formula is C13H22N2O2S. The van der Waals surface area contributed by atoms with E-state index >= 15 is 0 Å². The van der Waals surface area contributed by atoms with Crippen molar-refractivity contribution in [3.8, 4) is 0 Å². The van der Waals surface area contributed by atoms with Crippen LogP contribution in [0.3, 0.4) is 0 Å². The molecule has 2 amide bonds. The van der Waals surface area contributed by atoms with E-state index in [0.717, 1.165) is 31.4 Å². The highest BCUT2D eigenvalue weighted by molar-refractivity contribution is 7.98. The van der Waals surface area contributed by atoms with E-state index in [9.17, 15) is 9.59 Å². The molecule has 2 rings (SSSR count). The second-order valence-electron chi connectivity index (χ2n) is 5.58. The number of carbonyl (C=O) groups is 2. The van der Waals surface area contributed by atoms with Crippen LogP contribution in [-0.2, 0) is 9.59 Å². The molecule has 0 radical (unpaired) electrons. The van der Waals surface area contributed by atoms with Crippen LogP contribution >= 0.6 is 11.8 Å². The zero-order chi connectivity index (χ0) is 13.2. The molecule has 1 N–H and O–H groups in total. The summed E-state index contributed by atoms with van der Waals surface area (Å²) in [6.45, 7) is 3.08. The maximum Gasteiger partial charge on any atom is 0.248 e. The van der Waals surface area contributed by atoms with Crippen molar-refractivity contribution in [2.24, 2.45) is 5.92 Å². The molecule has 0 bridgehead atoms. The van der Waals surface area contributed by atoms with E-state index in [1.54, 1.807) is 16.7 Å². The first-order valence-corrected chi connectivity index (χ1v) is 8.06. The Morgan fingerprint density at radius 3 is 2.67 bits per heavy atom. The number of amides is 2. The standard InChI is InChI=1S/C13H22N2O2S/c1-10(9-18-2)7-15-8-11(16)14-13(12(15)17)5-3-4-6-13/h10H,3-9H2,1-2H3,(H,14,16). The maximum absolute atomic E-state index is 12.5. The van der Waals surface area contributed by atoms with Gasteiger partial charge in [-0.15, -0.1) is 0 Å². The highest BCUT2D eigenvalue weighted by Crippen LogP contribution is 2.33. The Labute approximate surface area is 113 Å². The average molecular weight is 270 g/mol. The normalized spacial score (nSPS) is 24.4. The quantitative estimate of drug-likeness (QED) is 0.836. The van der Waals surface area contributed by atoms with Crippen LogP contribution in [0.5, 0.6) is 0 Å². The summed E-state index contributed by atoms with van der Waals surface area (Å²) < 4.78 is 0. The average Bonchev–Trinajstić information content (AvgIpc) is 2.75. The molecule has 0 aromatic carbocycles. The van der Waals surface area contributed by atoms with Crippen LogP contribution in [0.2, 0.25) is 0 Å². The Kier molecular flexibility index (Phi) is 4.20. The van der Waals surface area contributed by atoms with Crippen molar-refractivity contribution in [1.29, 1.82) is 0 Å². The lowest BCUT2D eigenvalue weighted by Crippen LogP contribution is -2.65. The summed E-state index contributed by atoms with van der Waals surface area (Å²) in [5.74, 6) is 1.62. The summed E-state index contributed by atoms with van der Waals surface area (Å²) in [7, 11) is 0. The van der Waals surface area contributed by atoms with Gasteiger partial charge in [0.2, 0.25) is 11.8 Å². The number of rotatable bonds is 4. The number of carbonyl (C=O) groups excluding carboxylic acids is 2. The third-order valence-electron chi connectivity index (χ3n) is 3.85. The highest BCUT2D eigenvalue weighted by Gasteiger charge is 2.48. The van der Waals surface area contributed by atoms with Crippen LogP contribution in [0.1, 0.15) is 32.6 Å². The molecule has 2 fully saturated rings. The summed E-state index contributed by atoms with van der Waals surface area (Å²) in [6, 6.07) is 0. The topological polar surface area (TPSA) is 49.4 Å². The molecule has 0 aromatic rings. The van der Waals surface area contributed by atoms with Crippen LogP contribution in [0.25, 0.3) is 0 Å². The van der Waals surface area contributed by atoms with E-state index in [-0.39, 0.29) is 18.4 Å². The maximum atomic E-state index is 12.5. The van der Waals surface area contributed by atoms with Crippen LogP contribution in [0.15, 0.2) is 0 Å². The van der Waals surface area contributed by atoms with E-state index in [0.29, 0.717) is 12.5 Å². The number of nitrogens with zero attached hydrogens (tertiary/aromatic N) is 1. The molecule has 1 atom stereocenters. The van der Waals surface area contributed by atoms with Gasteiger partial charge in [-0.1, -0.05) is 19.8 Å². The lowest BCUT2D eigenvalue weighted by molar-refractivity contribution is -0.150. The van der Waals surface area contributed by atoms with Crippen molar-refractivity contribution in [1.82, 2.24) is 10.2 Å². The van der Waals surface area contributed by atoms with E-state index in [4.69, 9.17) is 0 Å². The van der Waals surface area contributed by atoms with Crippen LogP contribution in [-0.4, -0.2) is 47.4 Å². The van der Waals surface area contributed by atoms with Gasteiger partial charge < -0.3 is 10.2 Å². The third kappa shape index (κ3) is 2.66. The van der Waals surface area contributed by atoms with Crippen molar-refractivity contribution >= 4 is 23.6 Å². The summed E-state index contributed by atoms with van der Waals surface area (Å²) in [5.41, 5.74) is -0.561. The zero-order valence-corrected chi connectivity index (χ0v) is 12.0. The molecule has 1 unspecified atom stereocenters. The van der Waals surface area contributed by atoms with Gasteiger partial charge in [-0.2, -0.15) is 11.8 Å². The van der Waals surface area contributed by atoms with E-state index in [1.165, 1.54) is 0 Å². The minimum absolute atomic E-state index is 0.00727. The number of piperazine rings is 1. The second-order valence-corrected chi connectivity index (χ2v) is 6.49. The SMILES string of the molecule is CSCC(C)CN1CC(=O)NC2(CCCC2)C1=O. The predicted molar refractivity (Wildman–Crippen MR) is 73.5 cm³/mol. The van der Waals surface area contributed by atoms with Gasteiger partial charge in [0.05, 0.1) is 6.54 Å². The molecule has 1 heterocycles. The first kappa shape index (κ1) is 13.7. The first-order chi connectivity index (χ1) is 8.57. The monoisotopic (exact) mass is 270 g/mol. The summed E-state index contributed by atoms with van der Waals surface area (Å²) in [5, 5.41) is 2.94. The van der Waals surface area contributed by atoms with E-state index in [2.05, 4.69) is 18.5 Å². The van der Waals surface area contributed by atoms with Gasteiger partial charge in [-0.05, 0) is 30.8 Å². The van der Waals surface area contributed by atoms with Gasteiger partial charge in [-0.3, -0.25) is 9.59 Å². The molecule has 0 aromatic heterocycles. The minimum Gasteiger partial charge on any atom is -0.340 e. The molecule has 1 saturated carbocycles. The molecule has 1 saturated heterocycles. The van der Waals surface area contributed by atoms with Crippen molar-refractivity contribution in [2.45, 2.75) is 38.1 Å². The lowest BCUT2D eigenvalue weighted by atomic mass is 9.92. The number of nitrogens with one attached hydrogen (secondary N) is 1. The molecule has 1 aliphatic heterocycles. The van der Waals surface area contributed by atoms with Crippen molar-refractivity contribution in [3.63, 3.8) is 0 Å². The summed E-state index contributed by atoms with van der Waals surface area (Å²) >= 11 is 1.79. The van der Waals surface area contributed by atoms with Gasteiger partial charge >= 0.3 is 0 Å². The Morgan fingerprint density at radius 1 is 1.39 bits per heavy atom. The second kappa shape index (κ2) is 5.51. The number of thioether (sulfide) groups is 1. The fraction of sp³-hybridized carbons (Fsp3) is 0.846. The molecule has 5 heteroatoms. The van der Waals surface area contributed by atoms with Gasteiger partial charge in [0, 0.05) is 6.54 Å². The van der Waals surface area contributed by atoms with Gasteiger partial charge in [-0.25, -0.2) is 0 Å². The third-order valence-corrected chi connectivity index (χ3v) is 4.75. The minimum atomic E-state index is -0.561. The molecule has 102 valence electrons. The van der Waals surface area contributed by atoms with Crippen LogP contribution < -0.4 is 5.32 Å². The fourth-order valence-electron chi connectivity index (χ4n) is 3.09. The molecule has 1 spiro atoms. The molecule has 1 aliphatic carbocycles. The smallest absolute Gasteiger partial charge is 0.248 e. The highest BCUT2D eigenvalue weighted by atomic mass is 32.2. The molecule has 4 nitrogen and oxygen atoms in total. The summed E-state index contributed by atoms with van der Waals surface area (Å²) in [4.78, 5) is 26.1. The Balaban J connectivity index is 2.06. The van der Waals surface area contributed by atoms with E-state index in [1.807, 2.05) is 0 Å². The summed E-state index contributed by atoms with van der Waals surface area (Å²) in [6.07, 6.45) is 5.77. The van der Waals surface area contributed by atoms with Crippen molar-refractivity contribution in [3.05, 3.63) is 0 Å². The van der Waals surface area contributed by atoms with Crippen LogP contribution in [0.4, 0.5) is 0 Å². The van der Waals surface area contributed by atoms with Gasteiger partial charge in [0.25, 0.3) is 0 Å². The molecule has 2 aliphatic rings. The first-order valence-electron chi connectivity index (χ1n) is 6.67. The number of hydrogen-bond acceptors (Lipinski definition) is 3. The van der Waals surface area contributed by atoms with Gasteiger partial charge in [0.1, 0.15) is 5.54 Å². The van der Waals surface area contributed by atoms with Gasteiger partial charge in [0.15, 0.2) is 0 Å². The lowest BCUT2D eigenvalue weighted by Gasteiger charge is -2.40. The molecule has 18 heavy (non-hydrogen) atoms. The Morgan fingerprint density at radius 2 is 2.06 bits per heavy atom. The molecular weight excluding hydrogens is 248 g/mol. The Hall–Kier alpha value is -0.710. The van der Waals surface area contributed by atoms with Crippen molar-refractivity contribution in [2.75, 3.05) is 25.1 Å². The largest absolute Gasteiger partial charge is 0.340 e. The Bertz CT molecular complexity index is 340. The predicted octanol–water partition coefficient (Wildman–Crippen LogP) is 1.26. The van der Waals surface area contributed by atoms with Crippen molar-refractivity contribution < 1.29 is 9.59 Å². The zero-order valence-electron chi connectivity index (χ0n) is 11.2. The number of hydrogen-bond donors (Lipinski definition) is 1. The van der Waals surface area contributed by atoms with Crippen LogP contribution in [0, 0.1) is 5.92 Å². The fourth-order valence-corrected chi connectivity index (χ4v) is 3.76.